The quantitative estimate of drug-likeness (QED) is 0.192. The fraction of sp³-hybridized carbons (Fsp3) is 0.471. The van der Waals surface area contributed by atoms with E-state index in [0.717, 1.165) is 16.2 Å². The number of aliphatic carboxylic acids is 1. The molecule has 12 nitrogen and oxygen atoms in total. The monoisotopic (exact) mass is 505 g/mol. The van der Waals surface area contributed by atoms with Gasteiger partial charge in [-0.3, -0.25) is 19.3 Å². The molecule has 15 heteroatoms. The number of carbonyl (C=O) groups is 4. The maximum atomic E-state index is 12.9. The van der Waals surface area contributed by atoms with Gasteiger partial charge in [0.1, 0.15) is 23.0 Å². The number of thiazole rings is 1. The second-order valence-electron chi connectivity index (χ2n) is 6.60. The van der Waals surface area contributed by atoms with Crippen LogP contribution in [0.3, 0.4) is 0 Å². The van der Waals surface area contributed by atoms with Gasteiger partial charge in [0.25, 0.3) is 5.91 Å². The number of hydrogen-bond donors (Lipinski definition) is 4. The molecule has 3 rings (SSSR count). The Balaban J connectivity index is 1.73. The minimum Gasteiger partial charge on any atom is -0.477 e. The topological polar surface area (TPSA) is 159 Å². The third kappa shape index (κ3) is 4.89. The van der Waals surface area contributed by atoms with Crippen LogP contribution in [0.25, 0.3) is 0 Å². The summed E-state index contributed by atoms with van der Waals surface area (Å²) in [5.74, 6) is -2.70. The Labute approximate surface area is 195 Å². The highest BCUT2D eigenvalue weighted by molar-refractivity contribution is 8.00. The Kier molecular flexibility index (Phi) is 8.08. The van der Waals surface area contributed by atoms with Gasteiger partial charge in [-0.2, -0.15) is 5.48 Å². The number of thioether (sulfide) groups is 1. The van der Waals surface area contributed by atoms with Gasteiger partial charge >= 0.3 is 5.97 Å². The Hall–Kier alpha value is -2.23. The van der Waals surface area contributed by atoms with Gasteiger partial charge < -0.3 is 25.3 Å². The van der Waals surface area contributed by atoms with Crippen molar-refractivity contribution in [2.45, 2.75) is 17.5 Å². The molecule has 32 heavy (non-hydrogen) atoms. The Bertz CT molecular complexity index is 955. The summed E-state index contributed by atoms with van der Waals surface area (Å²) >= 11 is 7.89. The molecule has 4 N–H and O–H groups in total. The SMILES string of the molecule is COCC1=C(C(=O)O)N2C(=O)C(NC(=O)C(NOC)c3csc(NC(=O)CCl)n3)[C@H]2SC1. The molecule has 2 unspecified atom stereocenters. The molecule has 1 fully saturated rings. The molecule has 0 aromatic carbocycles. The first-order chi connectivity index (χ1) is 15.3. The molecule has 3 heterocycles. The number of rotatable bonds is 10. The fourth-order valence-corrected chi connectivity index (χ4v) is 5.35. The number of carbonyl (C=O) groups excluding carboxylic acids is 3. The maximum Gasteiger partial charge on any atom is 0.352 e. The molecule has 174 valence electrons. The van der Waals surface area contributed by atoms with Crippen LogP contribution in [-0.2, 0) is 28.8 Å². The summed E-state index contributed by atoms with van der Waals surface area (Å²) in [6, 6.07) is -1.99. The Morgan fingerprint density at radius 1 is 1.41 bits per heavy atom. The molecule has 2 aliphatic heterocycles. The van der Waals surface area contributed by atoms with Crippen molar-refractivity contribution >= 4 is 63.5 Å². The number of amides is 3. The average molecular weight is 506 g/mol. The van der Waals surface area contributed by atoms with E-state index in [9.17, 15) is 24.3 Å². The lowest BCUT2D eigenvalue weighted by Gasteiger charge is -2.49. The first kappa shape index (κ1) is 24.4. The summed E-state index contributed by atoms with van der Waals surface area (Å²) in [5, 5.41) is 15.9. The molecule has 0 aliphatic carbocycles. The number of carboxylic acids is 1. The van der Waals surface area contributed by atoms with Crippen LogP contribution >= 0.6 is 34.7 Å². The van der Waals surface area contributed by atoms with Crippen LogP contribution < -0.4 is 16.1 Å². The van der Waals surface area contributed by atoms with Crippen LogP contribution in [0.5, 0.6) is 0 Å². The molecule has 0 bridgehead atoms. The van der Waals surface area contributed by atoms with Gasteiger partial charge in [0.2, 0.25) is 11.8 Å². The summed E-state index contributed by atoms with van der Waals surface area (Å²) in [6.45, 7) is 0.0917. The Morgan fingerprint density at radius 3 is 2.78 bits per heavy atom. The highest BCUT2D eigenvalue weighted by Gasteiger charge is 2.54. The molecule has 1 aromatic rings. The van der Waals surface area contributed by atoms with Gasteiger partial charge in [0.05, 0.1) is 19.4 Å². The van der Waals surface area contributed by atoms with E-state index in [1.807, 2.05) is 0 Å². The predicted octanol–water partition coefficient (Wildman–Crippen LogP) is -0.102. The molecule has 3 atom stereocenters. The number of nitrogens with zero attached hydrogens (tertiary/aromatic N) is 2. The van der Waals surface area contributed by atoms with Crippen molar-refractivity contribution in [3.63, 3.8) is 0 Å². The van der Waals surface area contributed by atoms with Crippen molar-refractivity contribution in [2.24, 2.45) is 0 Å². The average Bonchev–Trinajstić information content (AvgIpc) is 3.22. The van der Waals surface area contributed by atoms with E-state index < -0.39 is 41.1 Å². The molecule has 2 aliphatic rings. The minimum atomic E-state index is -1.23. The lowest BCUT2D eigenvalue weighted by molar-refractivity contribution is -0.151. The van der Waals surface area contributed by atoms with E-state index in [2.05, 4.69) is 21.1 Å². The summed E-state index contributed by atoms with van der Waals surface area (Å²) in [5.41, 5.74) is 3.15. The van der Waals surface area contributed by atoms with Gasteiger partial charge in [-0.05, 0) is 5.57 Å². The highest BCUT2D eigenvalue weighted by Crippen LogP contribution is 2.40. The Morgan fingerprint density at radius 2 is 2.16 bits per heavy atom. The number of hydroxylamine groups is 1. The first-order valence-electron chi connectivity index (χ1n) is 9.11. The van der Waals surface area contributed by atoms with E-state index in [1.54, 1.807) is 5.38 Å². The first-order valence-corrected chi connectivity index (χ1v) is 11.6. The molecule has 1 saturated heterocycles. The summed E-state index contributed by atoms with van der Waals surface area (Å²) in [4.78, 5) is 59.0. The lowest BCUT2D eigenvalue weighted by Crippen LogP contribution is -2.71. The molecular formula is C17H20ClN5O7S2. The fourth-order valence-electron chi connectivity index (χ4n) is 3.20. The van der Waals surface area contributed by atoms with Crippen LogP contribution in [0.4, 0.5) is 5.13 Å². The van der Waals surface area contributed by atoms with Gasteiger partial charge in [-0.15, -0.1) is 34.7 Å². The normalized spacial score (nSPS) is 21.0. The van der Waals surface area contributed by atoms with E-state index in [0.29, 0.717) is 11.3 Å². The number of ether oxygens (including phenoxy) is 1. The number of alkyl halides is 1. The number of methoxy groups -OCH3 is 1. The standard InChI is InChI=1S/C17H20ClN5O7S2/c1-29-4-7-5-31-15-11(14(26)23(15)12(7)16(27)28)21-13(25)10(22-30-2)8-6-32-17(19-8)20-9(24)3-18/h6,10-11,15,22H,3-5H2,1-2H3,(H,21,25)(H,27,28)(H,19,20,24)/t10?,11?,15-/m1/s1. The zero-order chi connectivity index (χ0) is 23.4. The number of halogens is 1. The summed E-state index contributed by atoms with van der Waals surface area (Å²) in [7, 11) is 2.76. The number of carboxylic acid groups (broad SMARTS) is 1. The predicted molar refractivity (Wildman–Crippen MR) is 116 cm³/mol. The summed E-state index contributed by atoms with van der Waals surface area (Å²) in [6.07, 6.45) is 0. The number of anilines is 1. The smallest absolute Gasteiger partial charge is 0.352 e. The third-order valence-corrected chi connectivity index (χ3v) is 6.91. The number of nitrogens with one attached hydrogen (secondary N) is 3. The van der Waals surface area contributed by atoms with Crippen LogP contribution in [0.2, 0.25) is 0 Å². The van der Waals surface area contributed by atoms with Crippen molar-refractivity contribution < 1.29 is 33.9 Å². The molecule has 3 amide bonds. The van der Waals surface area contributed by atoms with Crippen LogP contribution in [0.15, 0.2) is 16.7 Å². The molecule has 0 spiro atoms. The number of fused-ring (bicyclic) bond motifs is 1. The molecule has 0 saturated carbocycles. The van der Waals surface area contributed by atoms with Crippen LogP contribution in [0.1, 0.15) is 11.7 Å². The largest absolute Gasteiger partial charge is 0.477 e. The number of hydrogen-bond acceptors (Lipinski definition) is 10. The summed E-state index contributed by atoms with van der Waals surface area (Å²) < 4.78 is 5.03. The van der Waals surface area contributed by atoms with E-state index in [4.69, 9.17) is 21.2 Å². The van der Waals surface area contributed by atoms with Gasteiger partial charge in [0, 0.05) is 18.2 Å². The molecule has 1 aromatic heterocycles. The maximum absolute atomic E-state index is 12.9. The van der Waals surface area contributed by atoms with E-state index in [-0.39, 0.29) is 29.0 Å². The van der Waals surface area contributed by atoms with Crippen molar-refractivity contribution in [1.29, 1.82) is 0 Å². The number of β-lactam (4-membered cyclic amide) rings is 1. The second-order valence-corrected chi connectivity index (χ2v) is 8.83. The van der Waals surface area contributed by atoms with E-state index in [1.165, 1.54) is 26.0 Å². The van der Waals surface area contributed by atoms with Crippen LogP contribution in [-0.4, -0.2) is 82.6 Å². The van der Waals surface area contributed by atoms with E-state index >= 15 is 0 Å². The minimum absolute atomic E-state index is 0.0917. The second kappa shape index (κ2) is 10.6. The van der Waals surface area contributed by atoms with Gasteiger partial charge in [-0.25, -0.2) is 9.78 Å². The van der Waals surface area contributed by atoms with Crippen molar-refractivity contribution in [1.82, 2.24) is 20.7 Å². The zero-order valence-corrected chi connectivity index (χ0v) is 19.3. The van der Waals surface area contributed by atoms with Crippen molar-refractivity contribution in [2.75, 3.05) is 37.8 Å². The molecule has 0 radical (unpaired) electrons. The highest BCUT2D eigenvalue weighted by atomic mass is 35.5. The van der Waals surface area contributed by atoms with Crippen molar-refractivity contribution in [3.8, 4) is 0 Å². The molecular weight excluding hydrogens is 486 g/mol. The van der Waals surface area contributed by atoms with Gasteiger partial charge in [-0.1, -0.05) is 0 Å². The number of aromatic nitrogens is 1. The third-order valence-electron chi connectivity index (χ3n) is 4.55. The van der Waals surface area contributed by atoms with Gasteiger partial charge in [0.15, 0.2) is 11.2 Å². The zero-order valence-electron chi connectivity index (χ0n) is 16.9. The van der Waals surface area contributed by atoms with Crippen molar-refractivity contribution in [3.05, 3.63) is 22.3 Å². The van der Waals surface area contributed by atoms with Crippen LogP contribution in [0, 0.1) is 0 Å². The lowest BCUT2D eigenvalue weighted by atomic mass is 10.0.